The number of imidazole rings is 1. The van der Waals surface area contributed by atoms with E-state index in [0.29, 0.717) is 24.5 Å². The zero-order valence-corrected chi connectivity index (χ0v) is 29.2. The minimum absolute atomic E-state index is 0.0259. The lowest BCUT2D eigenvalue weighted by molar-refractivity contribution is -0.124. The first-order chi connectivity index (χ1) is 23.4. The molecule has 0 spiro atoms. The fourth-order valence-electron chi connectivity index (χ4n) is 6.90. The van der Waals surface area contributed by atoms with Gasteiger partial charge in [-0.15, -0.1) is 0 Å². The van der Waals surface area contributed by atoms with Gasteiger partial charge in [-0.1, -0.05) is 77.4 Å². The minimum atomic E-state index is -0.291. The molecule has 48 heavy (non-hydrogen) atoms. The third-order valence-corrected chi connectivity index (χ3v) is 13.1. The molecule has 3 aromatic rings. The molecule has 4 atom stereocenters. The zero-order chi connectivity index (χ0) is 33.5. The number of dihydropyridines is 1. The van der Waals surface area contributed by atoms with Crippen LogP contribution in [0.25, 0.3) is 6.08 Å². The van der Waals surface area contributed by atoms with Crippen molar-refractivity contribution in [1.82, 2.24) is 20.2 Å². The summed E-state index contributed by atoms with van der Waals surface area (Å²) in [4.78, 5) is 30.2. The molecule has 8 nitrogen and oxygen atoms in total. The maximum atomic E-state index is 12.9. The molecular weight excluding hydrogens is 641 g/mol. The number of phenols is 1. The lowest BCUT2D eigenvalue weighted by Gasteiger charge is -2.50. The molecule has 1 fully saturated rings. The van der Waals surface area contributed by atoms with Crippen LogP contribution in [-0.2, 0) is 29.0 Å². The second-order valence-corrected chi connectivity index (χ2v) is 15.6. The number of benzene rings is 2. The SMILES string of the molecule is CC[C@@H]1CCC(=O)CC(=O)/C=C/c2cc(OC)c(O)cc2CC2=CNC3NC[C@@H](Cc4ccccc4)[C@](Cn4ccnc4)(SSC1)C3=C2. The second-order valence-electron chi connectivity index (χ2n) is 12.9. The summed E-state index contributed by atoms with van der Waals surface area (Å²) in [6.45, 7) is 3.79. The zero-order valence-electron chi connectivity index (χ0n) is 27.6. The van der Waals surface area contributed by atoms with Crippen molar-refractivity contribution in [3.05, 3.63) is 107 Å². The van der Waals surface area contributed by atoms with E-state index in [-0.39, 0.29) is 40.6 Å². The average Bonchev–Trinajstić information content (AvgIpc) is 3.60. The van der Waals surface area contributed by atoms with E-state index in [1.165, 1.54) is 24.3 Å². The van der Waals surface area contributed by atoms with Gasteiger partial charge in [-0.2, -0.15) is 0 Å². The lowest BCUT2D eigenvalue weighted by atomic mass is 9.75. The molecule has 0 saturated carbocycles. The van der Waals surface area contributed by atoms with Crippen LogP contribution in [0.3, 0.4) is 0 Å². The van der Waals surface area contributed by atoms with Crippen LogP contribution < -0.4 is 15.4 Å². The summed E-state index contributed by atoms with van der Waals surface area (Å²) < 4.78 is 7.33. The average molecular weight is 685 g/mol. The van der Waals surface area contributed by atoms with Crippen molar-refractivity contribution in [3.8, 4) is 11.5 Å². The van der Waals surface area contributed by atoms with E-state index in [1.807, 2.05) is 34.1 Å². The summed E-state index contributed by atoms with van der Waals surface area (Å²) in [7, 11) is 5.37. The highest BCUT2D eigenvalue weighted by molar-refractivity contribution is 8.77. The van der Waals surface area contributed by atoms with Gasteiger partial charge in [0.25, 0.3) is 0 Å². The Morgan fingerprint density at radius 2 is 2.00 bits per heavy atom. The van der Waals surface area contributed by atoms with E-state index in [9.17, 15) is 14.7 Å². The highest BCUT2D eigenvalue weighted by Gasteiger charge is 2.49. The Morgan fingerprint density at radius 1 is 1.15 bits per heavy atom. The molecule has 10 heteroatoms. The number of ketones is 2. The largest absolute Gasteiger partial charge is 0.504 e. The van der Waals surface area contributed by atoms with Crippen molar-refractivity contribution in [1.29, 1.82) is 0 Å². The first-order valence-electron chi connectivity index (χ1n) is 16.7. The third kappa shape index (κ3) is 7.93. The van der Waals surface area contributed by atoms with Crippen molar-refractivity contribution in [2.24, 2.45) is 11.8 Å². The second kappa shape index (κ2) is 15.7. The van der Waals surface area contributed by atoms with Crippen LogP contribution >= 0.6 is 21.6 Å². The number of nitrogens with zero attached hydrogens (tertiary/aromatic N) is 2. The number of piperidine rings is 1. The number of hydrogen-bond acceptors (Lipinski definition) is 9. The summed E-state index contributed by atoms with van der Waals surface area (Å²) in [5, 5.41) is 18.3. The number of methoxy groups -OCH3 is 1. The van der Waals surface area contributed by atoms with E-state index in [1.54, 1.807) is 18.2 Å². The van der Waals surface area contributed by atoms with E-state index in [4.69, 9.17) is 4.74 Å². The Kier molecular flexibility index (Phi) is 11.1. The Hall–Kier alpha value is -3.73. The van der Waals surface area contributed by atoms with Gasteiger partial charge < -0.3 is 19.7 Å². The smallest absolute Gasteiger partial charge is 0.163 e. The monoisotopic (exact) mass is 684 g/mol. The Bertz CT molecular complexity index is 1690. The minimum Gasteiger partial charge on any atom is -0.504 e. The number of phenolic OH excluding ortho intramolecular Hbond substituents is 1. The number of carbonyl (C=O) groups excluding carboxylic acids is 2. The van der Waals surface area contributed by atoms with E-state index in [0.717, 1.165) is 54.8 Å². The molecule has 3 aliphatic rings. The molecular formula is C38H44N4O4S2. The number of carbonyl (C=O) groups is 2. The summed E-state index contributed by atoms with van der Waals surface area (Å²) in [5.41, 5.74) is 5.27. The number of aromatic nitrogens is 2. The number of fused-ring (bicyclic) bond motifs is 2. The lowest BCUT2D eigenvalue weighted by Crippen LogP contribution is -2.61. The number of hydrogen-bond donors (Lipinski definition) is 3. The molecule has 0 aliphatic carbocycles. The van der Waals surface area contributed by atoms with Crippen molar-refractivity contribution in [2.75, 3.05) is 19.4 Å². The molecule has 3 N–H and O–H groups in total. The van der Waals surface area contributed by atoms with Crippen LogP contribution in [0.1, 0.15) is 49.3 Å². The summed E-state index contributed by atoms with van der Waals surface area (Å²) >= 11 is 0. The van der Waals surface area contributed by atoms with Crippen molar-refractivity contribution < 1.29 is 19.4 Å². The van der Waals surface area contributed by atoms with Gasteiger partial charge in [-0.25, -0.2) is 4.98 Å². The van der Waals surface area contributed by atoms with Gasteiger partial charge in [0.05, 0.1) is 24.6 Å². The molecule has 0 radical (unpaired) electrons. The fourth-order valence-corrected chi connectivity index (χ4v) is 10.8. The fraction of sp³-hybridized carbons (Fsp3) is 0.395. The van der Waals surface area contributed by atoms with Crippen LogP contribution in [0.5, 0.6) is 11.5 Å². The van der Waals surface area contributed by atoms with Gasteiger partial charge in [-0.05, 0) is 77.1 Å². The molecule has 3 aliphatic heterocycles. The highest BCUT2D eigenvalue weighted by atomic mass is 33.1. The first kappa shape index (κ1) is 34.1. The topological polar surface area (TPSA) is 105 Å². The molecule has 2 bridgehead atoms. The van der Waals surface area contributed by atoms with Gasteiger partial charge in [-0.3, -0.25) is 14.9 Å². The van der Waals surface area contributed by atoms with Crippen LogP contribution in [0, 0.1) is 11.8 Å². The predicted molar refractivity (Wildman–Crippen MR) is 195 cm³/mol. The maximum absolute atomic E-state index is 12.9. The Morgan fingerprint density at radius 3 is 2.77 bits per heavy atom. The number of allylic oxidation sites excluding steroid dienone is 3. The number of Topliss-reactive ketones (excluding diaryl/α,β-unsaturated/α-hetero) is 1. The van der Waals surface area contributed by atoms with Crippen molar-refractivity contribution in [3.63, 3.8) is 0 Å². The van der Waals surface area contributed by atoms with Crippen LogP contribution in [-0.4, -0.2) is 56.5 Å². The normalized spacial score (nSPS) is 25.8. The molecule has 252 valence electrons. The maximum Gasteiger partial charge on any atom is 0.163 e. The van der Waals surface area contributed by atoms with Gasteiger partial charge in [0.15, 0.2) is 17.3 Å². The molecule has 6 rings (SSSR count). The van der Waals surface area contributed by atoms with Gasteiger partial charge >= 0.3 is 0 Å². The quantitative estimate of drug-likeness (QED) is 0.198. The number of rotatable bonds is 6. The van der Waals surface area contributed by atoms with E-state index < -0.39 is 0 Å². The summed E-state index contributed by atoms with van der Waals surface area (Å²) in [6.07, 6.45) is 16.9. The number of aromatic hydroxyl groups is 1. The summed E-state index contributed by atoms with van der Waals surface area (Å²) in [6, 6.07) is 14.2. The molecule has 2 aromatic carbocycles. The van der Waals surface area contributed by atoms with E-state index >= 15 is 0 Å². The number of nitrogens with one attached hydrogen (secondary N) is 2. The molecule has 1 aromatic heterocycles. The Balaban J connectivity index is 1.46. The molecule has 1 saturated heterocycles. The first-order valence-corrected chi connectivity index (χ1v) is 19.0. The van der Waals surface area contributed by atoms with Gasteiger partial charge in [0.2, 0.25) is 0 Å². The van der Waals surface area contributed by atoms with Crippen molar-refractivity contribution in [2.45, 2.75) is 62.9 Å². The van der Waals surface area contributed by atoms with E-state index in [2.05, 4.69) is 75.9 Å². The standard InChI is InChI=1S/C38H44N4O4S2/c1-3-26-9-11-32(43)20-33(44)12-10-29-19-36(46-2)35(45)18-30(29)15-28-17-34-37(40-21-28)41-22-31(16-27-7-5-4-6-8-27)38(34,48-47-23-26)24-42-14-13-39-25-42/h4-8,10,12-14,17-19,21,25-26,31,37,40-41,45H,3,9,11,15-16,20,22-24H2,1-2H3/b12-10+/t26-,31-,37?,38+/m1/s1. The third-order valence-electron chi connectivity index (χ3n) is 9.68. The molecule has 1 unspecified atom stereocenters. The van der Waals surface area contributed by atoms with Crippen LogP contribution in [0.4, 0.5) is 0 Å². The highest BCUT2D eigenvalue weighted by Crippen LogP contribution is 2.52. The number of ether oxygens (including phenoxy) is 1. The van der Waals surface area contributed by atoms with Crippen LogP contribution in [0.15, 0.2) is 90.7 Å². The Labute approximate surface area is 290 Å². The van der Waals surface area contributed by atoms with Crippen molar-refractivity contribution >= 4 is 39.2 Å². The molecule has 4 heterocycles. The predicted octanol–water partition coefficient (Wildman–Crippen LogP) is 6.52. The van der Waals surface area contributed by atoms with Crippen LogP contribution in [0.2, 0.25) is 0 Å². The van der Waals surface area contributed by atoms with Gasteiger partial charge in [0, 0.05) is 43.9 Å². The van der Waals surface area contributed by atoms with Gasteiger partial charge in [0.1, 0.15) is 11.9 Å². The summed E-state index contributed by atoms with van der Waals surface area (Å²) in [5.74, 6) is 1.68. The molecule has 0 amide bonds.